The maximum Gasteiger partial charge on any atom is 0.273 e. The second-order valence-electron chi connectivity index (χ2n) is 6.99. The summed E-state index contributed by atoms with van der Waals surface area (Å²) >= 11 is 7.71. The van der Waals surface area contributed by atoms with Crippen LogP contribution in [-0.4, -0.2) is 37.4 Å². The maximum absolute atomic E-state index is 12.7. The number of amides is 1. The van der Waals surface area contributed by atoms with Crippen LogP contribution in [0.3, 0.4) is 0 Å². The monoisotopic (exact) mass is 430 g/mol. The fourth-order valence-corrected chi connectivity index (χ4v) is 3.55. The third-order valence-electron chi connectivity index (χ3n) is 4.27. The molecule has 9 heteroatoms. The number of nitrogens with one attached hydrogen (secondary N) is 1. The van der Waals surface area contributed by atoms with Gasteiger partial charge in [-0.15, -0.1) is 5.10 Å². The Morgan fingerprint density at radius 1 is 1.28 bits per heavy atom. The highest BCUT2D eigenvalue weighted by Crippen LogP contribution is 2.25. The van der Waals surface area contributed by atoms with Crippen molar-refractivity contribution >= 4 is 29.3 Å². The van der Waals surface area contributed by atoms with Gasteiger partial charge in [-0.2, -0.15) is 0 Å². The number of aryl methyl sites for hydroxylation is 1. The largest absolute Gasteiger partial charge is 0.351 e. The number of thioether (sulfide) groups is 1. The third kappa shape index (κ3) is 5.55. The van der Waals surface area contributed by atoms with Crippen LogP contribution in [0.2, 0.25) is 5.02 Å². The van der Waals surface area contributed by atoms with E-state index < -0.39 is 0 Å². The van der Waals surface area contributed by atoms with Crippen LogP contribution >= 0.6 is 23.4 Å². The minimum Gasteiger partial charge on any atom is -0.351 e. The van der Waals surface area contributed by atoms with Crippen LogP contribution in [0.15, 0.2) is 41.8 Å². The zero-order chi connectivity index (χ0) is 20.8. The lowest BCUT2D eigenvalue weighted by molar-refractivity contribution is 0.0946. The Bertz CT molecular complexity index is 976. The van der Waals surface area contributed by atoms with Crippen molar-refractivity contribution in [3.8, 4) is 5.69 Å². The van der Waals surface area contributed by atoms with Crippen LogP contribution in [0.4, 0.5) is 0 Å². The molecule has 152 valence electrons. The molecular weight excluding hydrogens is 408 g/mol. The first-order valence-electron chi connectivity index (χ1n) is 9.35. The van der Waals surface area contributed by atoms with Crippen LogP contribution in [0.1, 0.15) is 42.0 Å². The molecule has 3 rings (SSSR count). The van der Waals surface area contributed by atoms with Gasteiger partial charge in [0.1, 0.15) is 0 Å². The molecule has 2 aromatic heterocycles. The van der Waals surface area contributed by atoms with E-state index in [2.05, 4.69) is 39.4 Å². The molecule has 0 fully saturated rings. The smallest absolute Gasteiger partial charge is 0.273 e. The number of benzene rings is 1. The van der Waals surface area contributed by atoms with Crippen molar-refractivity contribution in [2.75, 3.05) is 6.54 Å². The van der Waals surface area contributed by atoms with Crippen molar-refractivity contribution in [1.29, 1.82) is 0 Å². The van der Waals surface area contributed by atoms with Gasteiger partial charge >= 0.3 is 0 Å². The minimum absolute atomic E-state index is 0.236. The molecule has 0 saturated carbocycles. The summed E-state index contributed by atoms with van der Waals surface area (Å²) in [5.41, 5.74) is 2.69. The summed E-state index contributed by atoms with van der Waals surface area (Å²) in [5.74, 6) is 0.709. The van der Waals surface area contributed by atoms with Crippen molar-refractivity contribution in [2.24, 2.45) is 5.92 Å². The van der Waals surface area contributed by atoms with Gasteiger partial charge in [0.2, 0.25) is 0 Å². The van der Waals surface area contributed by atoms with Gasteiger partial charge in [-0.05, 0) is 43.0 Å². The van der Waals surface area contributed by atoms with Gasteiger partial charge in [0, 0.05) is 29.7 Å². The summed E-state index contributed by atoms with van der Waals surface area (Å²) in [6, 6.07) is 7.40. The number of nitrogens with zero attached hydrogens (tertiary/aromatic N) is 5. The Labute approximate surface area is 179 Å². The van der Waals surface area contributed by atoms with Crippen LogP contribution in [-0.2, 0) is 5.75 Å². The summed E-state index contributed by atoms with van der Waals surface area (Å²) < 4.78 is 1.65. The molecule has 29 heavy (non-hydrogen) atoms. The highest BCUT2D eigenvalue weighted by atomic mass is 35.5. The van der Waals surface area contributed by atoms with Gasteiger partial charge < -0.3 is 5.32 Å². The van der Waals surface area contributed by atoms with Crippen molar-refractivity contribution < 1.29 is 4.79 Å². The second-order valence-corrected chi connectivity index (χ2v) is 8.34. The Morgan fingerprint density at radius 2 is 2.03 bits per heavy atom. The van der Waals surface area contributed by atoms with E-state index in [-0.39, 0.29) is 5.91 Å². The van der Waals surface area contributed by atoms with Crippen LogP contribution in [0.25, 0.3) is 5.69 Å². The van der Waals surface area contributed by atoms with Crippen LogP contribution < -0.4 is 5.32 Å². The Kier molecular flexibility index (Phi) is 7.22. The van der Waals surface area contributed by atoms with E-state index >= 15 is 0 Å². The lowest BCUT2D eigenvalue weighted by atomic mass is 10.1. The van der Waals surface area contributed by atoms with Crippen molar-refractivity contribution in [2.45, 2.75) is 38.1 Å². The molecule has 1 amide bonds. The van der Waals surface area contributed by atoms with Crippen molar-refractivity contribution in [3.05, 3.63) is 58.6 Å². The van der Waals surface area contributed by atoms with Gasteiger partial charge in [0.15, 0.2) is 10.9 Å². The molecule has 0 radical (unpaired) electrons. The van der Waals surface area contributed by atoms with Gasteiger partial charge in [0.05, 0.1) is 11.4 Å². The van der Waals surface area contributed by atoms with Gasteiger partial charge in [-0.25, -0.2) is 14.6 Å². The number of aromatic nitrogens is 5. The van der Waals surface area contributed by atoms with E-state index in [1.165, 1.54) is 11.8 Å². The highest BCUT2D eigenvalue weighted by Gasteiger charge is 2.21. The summed E-state index contributed by atoms with van der Waals surface area (Å²) in [6.45, 7) is 6.76. The molecule has 3 aromatic rings. The Morgan fingerprint density at radius 3 is 2.72 bits per heavy atom. The molecule has 2 heterocycles. The molecule has 0 bridgehead atoms. The first-order valence-corrected chi connectivity index (χ1v) is 10.7. The van der Waals surface area contributed by atoms with E-state index in [0.29, 0.717) is 39.8 Å². The van der Waals surface area contributed by atoms with E-state index in [1.807, 2.05) is 25.1 Å². The molecular formula is C20H23ClN6OS. The summed E-state index contributed by atoms with van der Waals surface area (Å²) in [4.78, 5) is 21.2. The number of carbonyl (C=O) groups excluding carboxylic acids is 1. The summed E-state index contributed by atoms with van der Waals surface area (Å²) in [5, 5.41) is 12.6. The predicted molar refractivity (Wildman–Crippen MR) is 114 cm³/mol. The second kappa shape index (κ2) is 9.84. The number of hydrogen-bond donors (Lipinski definition) is 1. The molecule has 7 nitrogen and oxygen atoms in total. The first kappa shape index (κ1) is 21.3. The normalized spacial score (nSPS) is 11.1. The van der Waals surface area contributed by atoms with Gasteiger partial charge in [-0.1, -0.05) is 48.5 Å². The van der Waals surface area contributed by atoms with E-state index in [1.54, 1.807) is 23.1 Å². The lowest BCUT2D eigenvalue weighted by Crippen LogP contribution is -2.26. The molecule has 1 N–H and O–H groups in total. The highest BCUT2D eigenvalue weighted by molar-refractivity contribution is 7.98. The number of halogens is 1. The third-order valence-corrected chi connectivity index (χ3v) is 5.56. The first-order chi connectivity index (χ1) is 14.0. The standard InChI is InChI=1S/C20H23ClN6OS/c1-13(2)7-10-22-19(28)18-17(12-29-20-23-8-4-9-24-20)27(26-25-18)15-6-5-14(3)16(21)11-15/h4-6,8-9,11,13H,7,10,12H2,1-3H3,(H,22,28). The van der Waals surface area contributed by atoms with E-state index in [0.717, 1.165) is 17.7 Å². The fourth-order valence-electron chi connectivity index (χ4n) is 2.58. The molecule has 0 aliphatic heterocycles. The number of carbonyl (C=O) groups is 1. The maximum atomic E-state index is 12.7. The van der Waals surface area contributed by atoms with Crippen molar-refractivity contribution in [3.63, 3.8) is 0 Å². The SMILES string of the molecule is Cc1ccc(-n2nnc(C(=O)NCCC(C)C)c2CSc2ncccn2)cc1Cl. The Balaban J connectivity index is 1.89. The number of hydrogen-bond acceptors (Lipinski definition) is 6. The fraction of sp³-hybridized carbons (Fsp3) is 0.350. The predicted octanol–water partition coefficient (Wildman–Crippen LogP) is 4.09. The lowest BCUT2D eigenvalue weighted by Gasteiger charge is -2.10. The topological polar surface area (TPSA) is 85.6 Å². The zero-order valence-corrected chi connectivity index (χ0v) is 18.2. The zero-order valence-electron chi connectivity index (χ0n) is 16.6. The van der Waals surface area contributed by atoms with Gasteiger partial charge in [0.25, 0.3) is 5.91 Å². The van der Waals surface area contributed by atoms with Crippen molar-refractivity contribution in [1.82, 2.24) is 30.3 Å². The van der Waals surface area contributed by atoms with E-state index in [4.69, 9.17) is 11.6 Å². The molecule has 0 saturated heterocycles. The molecule has 0 aliphatic carbocycles. The van der Waals surface area contributed by atoms with E-state index in [9.17, 15) is 4.79 Å². The average molecular weight is 431 g/mol. The quantitative estimate of drug-likeness (QED) is 0.428. The molecule has 0 atom stereocenters. The molecule has 0 aliphatic rings. The Hall–Kier alpha value is -2.45. The average Bonchev–Trinajstić information content (AvgIpc) is 3.13. The number of rotatable bonds is 8. The minimum atomic E-state index is -0.236. The summed E-state index contributed by atoms with van der Waals surface area (Å²) in [7, 11) is 0. The van der Waals surface area contributed by atoms with Gasteiger partial charge in [-0.3, -0.25) is 4.79 Å². The summed E-state index contributed by atoms with van der Waals surface area (Å²) in [6.07, 6.45) is 4.27. The van der Waals surface area contributed by atoms with Crippen LogP contribution in [0.5, 0.6) is 0 Å². The molecule has 0 unspecified atom stereocenters. The van der Waals surface area contributed by atoms with Crippen LogP contribution in [0, 0.1) is 12.8 Å². The molecule has 0 spiro atoms. The molecule has 1 aromatic carbocycles.